The highest BCUT2D eigenvalue weighted by Gasteiger charge is 2.06. The van der Waals surface area contributed by atoms with Gasteiger partial charge in [0, 0.05) is 17.0 Å². The van der Waals surface area contributed by atoms with E-state index in [0.717, 1.165) is 21.6 Å². The topological polar surface area (TPSA) is 43.1 Å². The van der Waals surface area contributed by atoms with Gasteiger partial charge in [0.2, 0.25) is 0 Å². The van der Waals surface area contributed by atoms with Crippen molar-refractivity contribution < 1.29 is 4.92 Å². The van der Waals surface area contributed by atoms with Gasteiger partial charge in [0.1, 0.15) is 0 Å². The lowest BCUT2D eigenvalue weighted by Crippen LogP contribution is -1.87. The molecule has 24 heavy (non-hydrogen) atoms. The van der Waals surface area contributed by atoms with Gasteiger partial charge in [0.25, 0.3) is 5.69 Å². The van der Waals surface area contributed by atoms with E-state index >= 15 is 0 Å². The van der Waals surface area contributed by atoms with Crippen LogP contribution in [-0.4, -0.2) is 4.92 Å². The Morgan fingerprint density at radius 1 is 0.792 bits per heavy atom. The number of nitro benzene ring substituents is 1. The molecule has 0 aliphatic heterocycles. The second-order valence-electron chi connectivity index (χ2n) is 5.13. The van der Waals surface area contributed by atoms with Crippen molar-refractivity contribution in [3.63, 3.8) is 0 Å². The number of hydrogen-bond donors (Lipinski definition) is 0. The molecule has 0 N–H and O–H groups in total. The summed E-state index contributed by atoms with van der Waals surface area (Å²) in [5.41, 5.74) is 3.51. The Balaban J connectivity index is 1.91. The van der Waals surface area contributed by atoms with E-state index in [0.29, 0.717) is 0 Å². The van der Waals surface area contributed by atoms with E-state index in [9.17, 15) is 10.1 Å². The molecule has 0 aromatic heterocycles. The molecule has 0 saturated heterocycles. The third-order valence-electron chi connectivity index (χ3n) is 3.53. The predicted octanol–water partition coefficient (Wildman–Crippen LogP) is 5.78. The molecule has 3 nitrogen and oxygen atoms in total. The molecule has 118 valence electrons. The minimum Gasteiger partial charge on any atom is -0.258 e. The fourth-order valence-electron chi connectivity index (χ4n) is 2.31. The normalized spacial score (nSPS) is 10.2. The zero-order valence-corrected chi connectivity index (χ0v) is 13.6. The lowest BCUT2D eigenvalue weighted by molar-refractivity contribution is -0.384. The average molecular weight is 333 g/mol. The van der Waals surface area contributed by atoms with Crippen LogP contribution in [0, 0.1) is 10.1 Å². The minimum absolute atomic E-state index is 0.106. The lowest BCUT2D eigenvalue weighted by atomic mass is 10.00. The van der Waals surface area contributed by atoms with Gasteiger partial charge in [-0.1, -0.05) is 72.4 Å². The molecule has 0 aliphatic carbocycles. The van der Waals surface area contributed by atoms with Gasteiger partial charge in [0.15, 0.2) is 0 Å². The second kappa shape index (κ2) is 7.62. The quantitative estimate of drug-likeness (QED) is 0.338. The van der Waals surface area contributed by atoms with Gasteiger partial charge in [-0.2, -0.15) is 0 Å². The Morgan fingerprint density at radius 3 is 1.75 bits per heavy atom. The van der Waals surface area contributed by atoms with Crippen LogP contribution in [0.2, 0.25) is 0 Å². The van der Waals surface area contributed by atoms with Crippen LogP contribution in [0.3, 0.4) is 0 Å². The molecule has 0 bridgehead atoms. The standard InChI is InChI=1S/C20H15NO2S/c22-21(23)18-11-13-19(14-12-18)24-15-20(16-7-3-1-4-8-16)17-9-5-2-6-10-17/h1-15H. The molecule has 0 spiro atoms. The van der Waals surface area contributed by atoms with Crippen LogP contribution in [-0.2, 0) is 0 Å². The Hall–Kier alpha value is -2.85. The summed E-state index contributed by atoms with van der Waals surface area (Å²) in [6, 6.07) is 27.0. The summed E-state index contributed by atoms with van der Waals surface area (Å²) in [6.45, 7) is 0. The molecular formula is C20H15NO2S. The van der Waals surface area contributed by atoms with Crippen LogP contribution in [0.15, 0.2) is 95.2 Å². The average Bonchev–Trinajstić information content (AvgIpc) is 2.64. The highest BCUT2D eigenvalue weighted by molar-refractivity contribution is 8.02. The molecule has 0 amide bonds. The molecule has 0 saturated carbocycles. The van der Waals surface area contributed by atoms with Crippen LogP contribution < -0.4 is 0 Å². The van der Waals surface area contributed by atoms with Gasteiger partial charge in [-0.05, 0) is 34.2 Å². The highest BCUT2D eigenvalue weighted by Crippen LogP contribution is 2.30. The monoisotopic (exact) mass is 333 g/mol. The van der Waals surface area contributed by atoms with Crippen molar-refractivity contribution in [1.82, 2.24) is 0 Å². The number of thioether (sulfide) groups is 1. The van der Waals surface area contributed by atoms with Crippen molar-refractivity contribution in [2.24, 2.45) is 0 Å². The second-order valence-corrected chi connectivity index (χ2v) is 6.08. The van der Waals surface area contributed by atoms with E-state index in [1.54, 1.807) is 23.9 Å². The molecule has 4 heteroatoms. The summed E-state index contributed by atoms with van der Waals surface area (Å²) in [5, 5.41) is 12.8. The maximum atomic E-state index is 10.7. The minimum atomic E-state index is -0.385. The van der Waals surface area contributed by atoms with Crippen molar-refractivity contribution in [1.29, 1.82) is 0 Å². The molecule has 0 radical (unpaired) electrons. The van der Waals surface area contributed by atoms with Gasteiger partial charge in [0.05, 0.1) is 4.92 Å². The SMILES string of the molecule is O=[N+]([O-])c1ccc(SC=C(c2ccccc2)c2ccccc2)cc1. The van der Waals surface area contributed by atoms with Gasteiger partial charge >= 0.3 is 0 Å². The molecule has 0 fully saturated rings. The summed E-state index contributed by atoms with van der Waals surface area (Å²) in [7, 11) is 0. The molecule has 3 aromatic rings. The number of hydrogen-bond acceptors (Lipinski definition) is 3. The van der Waals surface area contributed by atoms with Crippen LogP contribution in [0.25, 0.3) is 5.57 Å². The zero-order chi connectivity index (χ0) is 16.8. The summed E-state index contributed by atoms with van der Waals surface area (Å²) < 4.78 is 0. The van der Waals surface area contributed by atoms with Crippen molar-refractivity contribution in [2.45, 2.75) is 4.90 Å². The number of nitro groups is 1. The molecular weight excluding hydrogens is 318 g/mol. The molecule has 0 heterocycles. The van der Waals surface area contributed by atoms with Gasteiger partial charge in [-0.15, -0.1) is 0 Å². The number of nitrogens with zero attached hydrogens (tertiary/aromatic N) is 1. The molecule has 3 rings (SSSR count). The number of benzene rings is 3. The summed E-state index contributed by atoms with van der Waals surface area (Å²) in [6.07, 6.45) is 0. The van der Waals surface area contributed by atoms with Crippen molar-refractivity contribution >= 4 is 23.0 Å². The number of rotatable bonds is 5. The zero-order valence-electron chi connectivity index (χ0n) is 12.8. The predicted molar refractivity (Wildman–Crippen MR) is 98.9 cm³/mol. The van der Waals surface area contributed by atoms with Crippen molar-refractivity contribution in [2.75, 3.05) is 0 Å². The van der Waals surface area contributed by atoms with Crippen molar-refractivity contribution in [3.8, 4) is 0 Å². The Labute approximate surface area is 144 Å². The third-order valence-corrected chi connectivity index (χ3v) is 4.43. The maximum absolute atomic E-state index is 10.7. The number of non-ortho nitro benzene ring substituents is 1. The maximum Gasteiger partial charge on any atom is 0.269 e. The highest BCUT2D eigenvalue weighted by atomic mass is 32.2. The first-order valence-electron chi connectivity index (χ1n) is 7.46. The largest absolute Gasteiger partial charge is 0.269 e. The first-order chi connectivity index (χ1) is 11.7. The Morgan fingerprint density at radius 2 is 1.29 bits per heavy atom. The first kappa shape index (κ1) is 16.0. The summed E-state index contributed by atoms with van der Waals surface area (Å²) in [5.74, 6) is 0. The fourth-order valence-corrected chi connectivity index (χ4v) is 3.13. The molecule has 3 aromatic carbocycles. The van der Waals surface area contributed by atoms with E-state index in [1.807, 2.05) is 36.4 Å². The van der Waals surface area contributed by atoms with E-state index in [4.69, 9.17) is 0 Å². The molecule has 0 aliphatic rings. The lowest BCUT2D eigenvalue weighted by Gasteiger charge is -2.08. The molecule has 0 unspecified atom stereocenters. The van der Waals surface area contributed by atoms with Crippen molar-refractivity contribution in [3.05, 3.63) is 112 Å². The van der Waals surface area contributed by atoms with Gasteiger partial charge in [-0.3, -0.25) is 10.1 Å². The fraction of sp³-hybridized carbons (Fsp3) is 0. The third kappa shape index (κ3) is 3.91. The smallest absolute Gasteiger partial charge is 0.258 e. The van der Waals surface area contributed by atoms with E-state index in [2.05, 4.69) is 29.7 Å². The van der Waals surface area contributed by atoms with Crippen LogP contribution in [0.5, 0.6) is 0 Å². The molecule has 0 atom stereocenters. The van der Waals surface area contributed by atoms with E-state index in [1.165, 1.54) is 12.1 Å². The van der Waals surface area contributed by atoms with E-state index in [-0.39, 0.29) is 10.6 Å². The van der Waals surface area contributed by atoms with E-state index < -0.39 is 0 Å². The summed E-state index contributed by atoms with van der Waals surface area (Å²) in [4.78, 5) is 11.3. The van der Waals surface area contributed by atoms with Gasteiger partial charge in [-0.25, -0.2) is 0 Å². The van der Waals surface area contributed by atoms with Crippen LogP contribution in [0.4, 0.5) is 5.69 Å². The first-order valence-corrected chi connectivity index (χ1v) is 8.34. The Kier molecular flexibility index (Phi) is 5.08. The summed E-state index contributed by atoms with van der Waals surface area (Å²) >= 11 is 1.55. The van der Waals surface area contributed by atoms with Gasteiger partial charge < -0.3 is 0 Å². The van der Waals surface area contributed by atoms with Crippen LogP contribution in [0.1, 0.15) is 11.1 Å². The Bertz CT molecular complexity index is 802. The van der Waals surface area contributed by atoms with Crippen LogP contribution >= 0.6 is 11.8 Å².